The molecule has 0 radical (unpaired) electrons. The summed E-state index contributed by atoms with van der Waals surface area (Å²) in [4.78, 5) is 29.6. The van der Waals surface area contributed by atoms with Crippen LogP contribution in [0.1, 0.15) is 12.5 Å². The number of ether oxygens (including phenoxy) is 1. The first-order valence-corrected chi connectivity index (χ1v) is 8.93. The highest BCUT2D eigenvalue weighted by atomic mass is 16.5. The maximum Gasteiger partial charge on any atom is 0.262 e. The molecule has 2 heterocycles. The number of para-hydroxylation sites is 2. The number of aromatic nitrogens is 2. The molecule has 1 aliphatic rings. The third-order valence-corrected chi connectivity index (χ3v) is 4.73. The summed E-state index contributed by atoms with van der Waals surface area (Å²) in [5.41, 5.74) is 6.94. The molecule has 138 valence electrons. The number of carbonyl (C=O) groups excluding carboxylic acids is 1. The Kier molecular flexibility index (Phi) is 4.50. The van der Waals surface area contributed by atoms with Crippen molar-refractivity contribution in [1.82, 2.24) is 15.0 Å². The first-order chi connectivity index (χ1) is 13.2. The van der Waals surface area contributed by atoms with Crippen molar-refractivity contribution >= 4 is 22.8 Å². The average Bonchev–Trinajstić information content (AvgIpc) is 2.71. The Morgan fingerprint density at radius 3 is 2.85 bits per heavy atom. The fraction of sp³-hybridized carbons (Fsp3) is 0.250. The molecule has 1 atom stereocenters. The molecular formula is C20H20N4O3. The molecule has 0 fully saturated rings. The van der Waals surface area contributed by atoms with Gasteiger partial charge in [0.15, 0.2) is 0 Å². The molecule has 4 rings (SSSR count). The van der Waals surface area contributed by atoms with Gasteiger partial charge in [-0.3, -0.25) is 25.0 Å². The maximum atomic E-state index is 12.6. The molecule has 7 heteroatoms. The zero-order valence-electron chi connectivity index (χ0n) is 14.9. The molecule has 1 aliphatic heterocycles. The van der Waals surface area contributed by atoms with Gasteiger partial charge < -0.3 is 4.74 Å². The Balaban J connectivity index is 1.52. The lowest BCUT2D eigenvalue weighted by Gasteiger charge is -2.24. The highest BCUT2D eigenvalue weighted by Crippen LogP contribution is 2.26. The molecule has 2 aromatic carbocycles. The molecule has 7 nitrogen and oxygen atoms in total. The molecule has 2 N–H and O–H groups in total. The van der Waals surface area contributed by atoms with E-state index >= 15 is 0 Å². The van der Waals surface area contributed by atoms with Crippen molar-refractivity contribution in [1.29, 1.82) is 0 Å². The number of amides is 1. The van der Waals surface area contributed by atoms with E-state index in [1.807, 2.05) is 37.3 Å². The Hall–Kier alpha value is -3.35. The number of fused-ring (bicyclic) bond motifs is 2. The minimum absolute atomic E-state index is 0.144. The monoisotopic (exact) mass is 364 g/mol. The van der Waals surface area contributed by atoms with Gasteiger partial charge in [0.05, 0.1) is 16.8 Å². The largest absolute Gasteiger partial charge is 0.492 e. The van der Waals surface area contributed by atoms with Crippen LogP contribution in [0.15, 0.2) is 53.3 Å². The van der Waals surface area contributed by atoms with Gasteiger partial charge in [0.2, 0.25) is 11.9 Å². The summed E-state index contributed by atoms with van der Waals surface area (Å²) in [5, 5.41) is 0.550. The van der Waals surface area contributed by atoms with Crippen molar-refractivity contribution in [3.8, 4) is 5.75 Å². The topological polar surface area (TPSA) is 85.2 Å². The lowest BCUT2D eigenvalue weighted by atomic mass is 9.96. The Morgan fingerprint density at radius 2 is 2.00 bits per heavy atom. The van der Waals surface area contributed by atoms with Gasteiger partial charge in [-0.1, -0.05) is 30.3 Å². The van der Waals surface area contributed by atoms with Gasteiger partial charge in [-0.15, -0.1) is 0 Å². The van der Waals surface area contributed by atoms with Crippen LogP contribution in [0, 0.1) is 5.92 Å². The van der Waals surface area contributed by atoms with E-state index in [2.05, 4.69) is 15.8 Å². The van der Waals surface area contributed by atoms with E-state index < -0.39 is 0 Å². The second kappa shape index (κ2) is 7.11. The van der Waals surface area contributed by atoms with E-state index in [0.717, 1.165) is 11.3 Å². The van der Waals surface area contributed by atoms with Crippen molar-refractivity contribution < 1.29 is 9.53 Å². The van der Waals surface area contributed by atoms with Crippen molar-refractivity contribution in [3.63, 3.8) is 0 Å². The molecule has 0 spiro atoms. The third kappa shape index (κ3) is 3.23. The third-order valence-electron chi connectivity index (χ3n) is 4.73. The second-order valence-corrected chi connectivity index (χ2v) is 6.44. The molecule has 1 aromatic heterocycles. The fourth-order valence-corrected chi connectivity index (χ4v) is 3.27. The minimum atomic E-state index is -0.311. The van der Waals surface area contributed by atoms with Crippen LogP contribution in [0.2, 0.25) is 0 Å². The highest BCUT2D eigenvalue weighted by Gasteiger charge is 2.26. The summed E-state index contributed by atoms with van der Waals surface area (Å²) < 4.78 is 7.17. The molecule has 0 saturated heterocycles. The van der Waals surface area contributed by atoms with Crippen LogP contribution in [0.25, 0.3) is 10.9 Å². The summed E-state index contributed by atoms with van der Waals surface area (Å²) in [6.45, 7) is 2.61. The molecule has 0 bridgehead atoms. The Labute approximate surface area is 156 Å². The van der Waals surface area contributed by atoms with Crippen molar-refractivity contribution in [2.24, 2.45) is 5.92 Å². The maximum absolute atomic E-state index is 12.6. The SMILES string of the molecule is CCn1c(NNC(=O)C2COc3ccccc3C2)nc2ccccc2c1=O. The van der Waals surface area contributed by atoms with Crippen LogP contribution >= 0.6 is 0 Å². The summed E-state index contributed by atoms with van der Waals surface area (Å²) in [5.74, 6) is 0.626. The summed E-state index contributed by atoms with van der Waals surface area (Å²) in [6.07, 6.45) is 0.607. The van der Waals surface area contributed by atoms with Crippen LogP contribution in [-0.4, -0.2) is 22.1 Å². The predicted octanol–water partition coefficient (Wildman–Crippen LogP) is 2.11. The van der Waals surface area contributed by atoms with Crippen molar-refractivity contribution in [3.05, 3.63) is 64.4 Å². The normalized spacial score (nSPS) is 15.7. The molecule has 1 amide bonds. The average molecular weight is 364 g/mol. The Morgan fingerprint density at radius 1 is 1.22 bits per heavy atom. The van der Waals surface area contributed by atoms with E-state index in [-0.39, 0.29) is 17.4 Å². The van der Waals surface area contributed by atoms with Crippen LogP contribution < -0.4 is 21.1 Å². The number of hydrogen-bond donors (Lipinski definition) is 2. The zero-order chi connectivity index (χ0) is 18.8. The van der Waals surface area contributed by atoms with E-state index in [1.165, 1.54) is 4.57 Å². The predicted molar refractivity (Wildman–Crippen MR) is 103 cm³/mol. The lowest BCUT2D eigenvalue weighted by Crippen LogP contribution is -2.41. The Bertz CT molecular complexity index is 1060. The summed E-state index contributed by atoms with van der Waals surface area (Å²) in [6, 6.07) is 14.9. The van der Waals surface area contributed by atoms with Gasteiger partial charge in [-0.25, -0.2) is 4.98 Å². The van der Waals surface area contributed by atoms with E-state index in [0.29, 0.717) is 36.4 Å². The number of nitrogens with zero attached hydrogens (tertiary/aromatic N) is 2. The first kappa shape index (κ1) is 17.1. The minimum Gasteiger partial charge on any atom is -0.492 e. The van der Waals surface area contributed by atoms with E-state index in [9.17, 15) is 9.59 Å². The van der Waals surface area contributed by atoms with Crippen LogP contribution in [0.5, 0.6) is 5.75 Å². The van der Waals surface area contributed by atoms with Crippen molar-refractivity contribution in [2.75, 3.05) is 12.0 Å². The number of hydrazine groups is 1. The van der Waals surface area contributed by atoms with Gasteiger partial charge in [0, 0.05) is 6.54 Å². The molecule has 1 unspecified atom stereocenters. The van der Waals surface area contributed by atoms with E-state index in [1.54, 1.807) is 18.2 Å². The lowest BCUT2D eigenvalue weighted by molar-refractivity contribution is -0.125. The standard InChI is InChI=1S/C20H20N4O3/c1-2-24-19(26)15-8-4-5-9-16(15)21-20(24)23-22-18(25)14-11-13-7-3-6-10-17(13)27-12-14/h3-10,14H,2,11-12H2,1H3,(H,21,23)(H,22,25). The van der Waals surface area contributed by atoms with Gasteiger partial charge in [0.1, 0.15) is 12.4 Å². The number of nitrogens with one attached hydrogen (secondary N) is 2. The number of benzene rings is 2. The molecule has 0 saturated carbocycles. The van der Waals surface area contributed by atoms with E-state index in [4.69, 9.17) is 4.74 Å². The number of rotatable bonds is 4. The van der Waals surface area contributed by atoms with Gasteiger partial charge in [-0.05, 0) is 37.1 Å². The van der Waals surface area contributed by atoms with Gasteiger partial charge in [0.25, 0.3) is 5.56 Å². The number of carbonyl (C=O) groups is 1. The van der Waals surface area contributed by atoms with Crippen LogP contribution in [0.4, 0.5) is 5.95 Å². The molecular weight excluding hydrogens is 344 g/mol. The van der Waals surface area contributed by atoms with Gasteiger partial charge in [-0.2, -0.15) is 0 Å². The summed E-state index contributed by atoms with van der Waals surface area (Å²) in [7, 11) is 0. The summed E-state index contributed by atoms with van der Waals surface area (Å²) >= 11 is 0. The van der Waals surface area contributed by atoms with Crippen LogP contribution in [-0.2, 0) is 17.8 Å². The van der Waals surface area contributed by atoms with Gasteiger partial charge >= 0.3 is 0 Å². The fourth-order valence-electron chi connectivity index (χ4n) is 3.27. The highest BCUT2D eigenvalue weighted by molar-refractivity contribution is 5.81. The molecule has 0 aliphatic carbocycles. The number of hydrogen-bond acceptors (Lipinski definition) is 5. The quantitative estimate of drug-likeness (QED) is 0.693. The number of anilines is 1. The van der Waals surface area contributed by atoms with Crippen molar-refractivity contribution in [2.45, 2.75) is 19.9 Å². The smallest absolute Gasteiger partial charge is 0.262 e. The molecule has 27 heavy (non-hydrogen) atoms. The first-order valence-electron chi connectivity index (χ1n) is 8.93. The van der Waals surface area contributed by atoms with Crippen LogP contribution in [0.3, 0.4) is 0 Å². The molecule has 3 aromatic rings. The second-order valence-electron chi connectivity index (χ2n) is 6.44. The zero-order valence-corrected chi connectivity index (χ0v) is 14.9.